The second-order valence-corrected chi connectivity index (χ2v) is 8.02. The third kappa shape index (κ3) is 3.04. The van der Waals surface area contributed by atoms with E-state index in [1.807, 2.05) is 13.0 Å². The molecule has 0 amide bonds. The molecule has 1 unspecified atom stereocenters. The summed E-state index contributed by atoms with van der Waals surface area (Å²) in [5.74, 6) is 0.00924. The van der Waals surface area contributed by atoms with Gasteiger partial charge in [0, 0.05) is 39.0 Å². The zero-order chi connectivity index (χ0) is 21.8. The number of hydrazine groups is 1. The monoisotopic (exact) mass is 434 g/mol. The molecule has 1 atom stereocenters. The molecule has 0 saturated carbocycles. The van der Waals surface area contributed by atoms with Gasteiger partial charge in [-0.25, -0.2) is 13.9 Å². The van der Waals surface area contributed by atoms with Crippen molar-refractivity contribution in [2.45, 2.75) is 19.5 Å². The Hall–Kier alpha value is -3.72. The summed E-state index contributed by atoms with van der Waals surface area (Å²) in [6, 6.07) is 11.2. The fourth-order valence-corrected chi connectivity index (χ4v) is 4.35. The number of H-pyrrole nitrogens is 2. The zero-order valence-corrected chi connectivity index (χ0v) is 17.2. The van der Waals surface area contributed by atoms with Crippen molar-refractivity contribution in [2.24, 2.45) is 10.3 Å². The van der Waals surface area contributed by atoms with E-state index < -0.39 is 0 Å². The van der Waals surface area contributed by atoms with Crippen LogP contribution in [0.15, 0.2) is 52.8 Å². The number of aromatic amines is 2. The fourth-order valence-electron chi connectivity index (χ4n) is 4.35. The first-order valence-electron chi connectivity index (χ1n) is 10.5. The van der Waals surface area contributed by atoms with Gasteiger partial charge < -0.3 is 14.7 Å². The van der Waals surface area contributed by atoms with Crippen LogP contribution in [0.2, 0.25) is 0 Å². The van der Waals surface area contributed by atoms with Crippen LogP contribution in [0.1, 0.15) is 13.3 Å². The number of aromatic nitrogens is 2. The molecule has 6 rings (SSSR count). The molecule has 7 nitrogen and oxygen atoms in total. The molecule has 9 heteroatoms. The first-order valence-corrected chi connectivity index (χ1v) is 10.5. The lowest BCUT2D eigenvalue weighted by Gasteiger charge is -2.14. The van der Waals surface area contributed by atoms with Gasteiger partial charge in [-0.1, -0.05) is 5.22 Å². The van der Waals surface area contributed by atoms with Gasteiger partial charge in [0.25, 0.3) is 0 Å². The van der Waals surface area contributed by atoms with Gasteiger partial charge in [0.05, 0.1) is 24.2 Å². The number of hydrogen-bond donors (Lipinski definition) is 3. The smallest absolute Gasteiger partial charge is 0.167 e. The zero-order valence-electron chi connectivity index (χ0n) is 17.2. The van der Waals surface area contributed by atoms with Gasteiger partial charge in [-0.15, -0.1) is 5.11 Å². The molecule has 3 heterocycles. The van der Waals surface area contributed by atoms with Gasteiger partial charge in [-0.05, 0) is 49.4 Å². The summed E-state index contributed by atoms with van der Waals surface area (Å²) >= 11 is 0. The van der Waals surface area contributed by atoms with Crippen molar-refractivity contribution in [1.29, 1.82) is 0 Å². The Bertz CT molecular complexity index is 1430. The number of benzene rings is 3. The van der Waals surface area contributed by atoms with Gasteiger partial charge in [0.15, 0.2) is 5.75 Å². The quantitative estimate of drug-likeness (QED) is 0.318. The van der Waals surface area contributed by atoms with Gasteiger partial charge in [-0.2, -0.15) is 5.43 Å². The van der Waals surface area contributed by atoms with Crippen molar-refractivity contribution in [1.82, 2.24) is 20.5 Å². The highest BCUT2D eigenvalue weighted by atomic mass is 19.1. The average molecular weight is 434 g/mol. The molecule has 32 heavy (non-hydrogen) atoms. The molecule has 1 aliphatic heterocycles. The maximum Gasteiger partial charge on any atom is 0.167 e. The Kier molecular flexibility index (Phi) is 4.25. The predicted octanol–water partition coefficient (Wildman–Crippen LogP) is 5.54. The van der Waals surface area contributed by atoms with Crippen LogP contribution in [0, 0.1) is 11.6 Å². The minimum absolute atomic E-state index is 0.0252. The summed E-state index contributed by atoms with van der Waals surface area (Å²) in [4.78, 5) is 6.73. The highest BCUT2D eigenvalue weighted by Gasteiger charge is 2.19. The third-order valence-electron chi connectivity index (χ3n) is 5.77. The summed E-state index contributed by atoms with van der Waals surface area (Å²) in [5.41, 5.74) is 6.29. The Labute approximate surface area is 181 Å². The number of rotatable bonds is 5. The van der Waals surface area contributed by atoms with Gasteiger partial charge in [0.1, 0.15) is 17.8 Å². The Morgan fingerprint density at radius 3 is 2.09 bits per heavy atom. The maximum atomic E-state index is 14.0. The highest BCUT2D eigenvalue weighted by molar-refractivity contribution is 6.20. The molecule has 0 fully saturated rings. The molecule has 5 aromatic rings. The Balaban J connectivity index is 1.46. The van der Waals surface area contributed by atoms with Crippen molar-refractivity contribution in [3.05, 3.63) is 54.1 Å². The second-order valence-electron chi connectivity index (χ2n) is 8.02. The molecule has 0 spiro atoms. The SMILES string of the molecule is CC1N=NN(CCCOc2c3[nH]c4ccc(F)cc4c3cc3c2[nH]c2ccc(F)cc23)N1. The summed E-state index contributed by atoms with van der Waals surface area (Å²) < 4.78 is 34.3. The van der Waals surface area contributed by atoms with Gasteiger partial charge >= 0.3 is 0 Å². The van der Waals surface area contributed by atoms with Crippen LogP contribution in [0.4, 0.5) is 8.78 Å². The van der Waals surface area contributed by atoms with Crippen molar-refractivity contribution >= 4 is 43.6 Å². The van der Waals surface area contributed by atoms with E-state index in [-0.39, 0.29) is 17.8 Å². The first-order chi connectivity index (χ1) is 15.6. The van der Waals surface area contributed by atoms with Crippen molar-refractivity contribution in [3.63, 3.8) is 0 Å². The van der Waals surface area contributed by atoms with E-state index >= 15 is 0 Å². The van der Waals surface area contributed by atoms with E-state index in [1.165, 1.54) is 24.3 Å². The van der Waals surface area contributed by atoms with Gasteiger partial charge in [-0.3, -0.25) is 0 Å². The van der Waals surface area contributed by atoms with Crippen molar-refractivity contribution in [2.75, 3.05) is 13.2 Å². The van der Waals surface area contributed by atoms with Crippen LogP contribution in [0.25, 0.3) is 43.6 Å². The van der Waals surface area contributed by atoms with Crippen molar-refractivity contribution < 1.29 is 13.5 Å². The Morgan fingerprint density at radius 2 is 1.53 bits per heavy atom. The molecule has 162 valence electrons. The van der Waals surface area contributed by atoms with E-state index in [9.17, 15) is 8.78 Å². The largest absolute Gasteiger partial charge is 0.489 e. The number of nitrogens with zero attached hydrogens (tertiary/aromatic N) is 3. The maximum absolute atomic E-state index is 14.0. The molecule has 0 radical (unpaired) electrons. The topological polar surface area (TPSA) is 80.8 Å². The number of hydrogen-bond acceptors (Lipinski definition) is 5. The standard InChI is InChI=1S/C23H20F2N6O/c1-12-28-30-31(29-12)7-2-8-32-23-21-17(15-9-13(24)3-5-19(15)26-21)11-18-16-10-14(25)4-6-20(16)27-22(18)23/h3-6,9-12,26-27,29H,2,7-8H2,1H3. The minimum atomic E-state index is -0.313. The molecule has 3 N–H and O–H groups in total. The van der Waals surface area contributed by atoms with Gasteiger partial charge in [0.2, 0.25) is 0 Å². The fraction of sp³-hybridized carbons (Fsp3) is 0.217. The van der Waals surface area contributed by atoms with Crippen LogP contribution in [-0.2, 0) is 0 Å². The molecular weight excluding hydrogens is 414 g/mol. The lowest BCUT2D eigenvalue weighted by atomic mass is 10.1. The van der Waals surface area contributed by atoms with E-state index in [1.54, 1.807) is 17.3 Å². The lowest BCUT2D eigenvalue weighted by molar-refractivity contribution is 0.191. The summed E-state index contributed by atoms with van der Waals surface area (Å²) in [6.45, 7) is 3.00. The van der Waals surface area contributed by atoms with Crippen LogP contribution in [-0.4, -0.2) is 34.4 Å². The van der Waals surface area contributed by atoms with Crippen LogP contribution < -0.4 is 10.2 Å². The number of fused-ring (bicyclic) bond motifs is 6. The molecule has 1 aliphatic rings. The highest BCUT2D eigenvalue weighted by Crippen LogP contribution is 2.41. The first kappa shape index (κ1) is 19.0. The number of halogens is 2. The second kappa shape index (κ2) is 7.16. The van der Waals surface area contributed by atoms with E-state index in [0.29, 0.717) is 25.3 Å². The van der Waals surface area contributed by atoms with Crippen LogP contribution in [0.5, 0.6) is 5.75 Å². The van der Waals surface area contributed by atoms with Crippen LogP contribution in [0.3, 0.4) is 0 Å². The van der Waals surface area contributed by atoms with E-state index in [0.717, 1.165) is 43.6 Å². The average Bonchev–Trinajstić information content (AvgIpc) is 3.46. The third-order valence-corrected chi connectivity index (χ3v) is 5.77. The van der Waals surface area contributed by atoms with E-state index in [4.69, 9.17) is 4.74 Å². The number of ether oxygens (including phenoxy) is 1. The Morgan fingerprint density at radius 1 is 0.906 bits per heavy atom. The molecule has 2 aromatic heterocycles. The number of nitrogens with one attached hydrogen (secondary N) is 3. The van der Waals surface area contributed by atoms with Crippen molar-refractivity contribution in [3.8, 4) is 5.75 Å². The summed E-state index contributed by atoms with van der Waals surface area (Å²) in [6.07, 6.45) is 0.683. The predicted molar refractivity (Wildman–Crippen MR) is 119 cm³/mol. The molecule has 0 bridgehead atoms. The normalized spacial score (nSPS) is 16.3. The molecular formula is C23H20F2N6O. The summed E-state index contributed by atoms with van der Waals surface area (Å²) in [5, 5.41) is 12.9. The van der Waals surface area contributed by atoms with Crippen LogP contribution >= 0.6 is 0 Å². The molecule has 3 aromatic carbocycles. The summed E-state index contributed by atoms with van der Waals surface area (Å²) in [7, 11) is 0. The molecule has 0 saturated heterocycles. The van der Waals surface area contributed by atoms with E-state index in [2.05, 4.69) is 25.7 Å². The minimum Gasteiger partial charge on any atom is -0.489 e. The molecule has 0 aliphatic carbocycles. The lowest BCUT2D eigenvalue weighted by Crippen LogP contribution is -2.34.